The van der Waals surface area contributed by atoms with E-state index in [0.29, 0.717) is 19.5 Å². The van der Waals surface area contributed by atoms with Crippen molar-refractivity contribution in [3.05, 3.63) is 59.7 Å². The molecule has 1 aliphatic heterocycles. The van der Waals surface area contributed by atoms with Gasteiger partial charge in [0.2, 0.25) is 5.91 Å². The molecule has 2 fully saturated rings. The summed E-state index contributed by atoms with van der Waals surface area (Å²) >= 11 is 0. The lowest BCUT2D eigenvalue weighted by atomic mass is 10.2. The second-order valence-electron chi connectivity index (χ2n) is 8.06. The highest BCUT2D eigenvalue weighted by Crippen LogP contribution is 2.26. The van der Waals surface area contributed by atoms with Crippen LogP contribution in [0.15, 0.2) is 48.5 Å². The van der Waals surface area contributed by atoms with Crippen molar-refractivity contribution in [2.75, 3.05) is 11.9 Å². The fraction of sp³-hybridized carbons (Fsp3) is 0.417. The van der Waals surface area contributed by atoms with Crippen LogP contribution in [0.1, 0.15) is 49.7 Å². The second-order valence-corrected chi connectivity index (χ2v) is 8.06. The van der Waals surface area contributed by atoms with Gasteiger partial charge < -0.3 is 20.3 Å². The normalized spacial score (nSPS) is 16.7. The summed E-state index contributed by atoms with van der Waals surface area (Å²) in [5, 5.41) is 5.77. The Bertz CT molecular complexity index is 876. The Morgan fingerprint density at radius 1 is 1.03 bits per heavy atom. The van der Waals surface area contributed by atoms with Crippen LogP contribution in [0.2, 0.25) is 0 Å². The molecule has 0 aromatic heterocycles. The molecule has 30 heavy (non-hydrogen) atoms. The van der Waals surface area contributed by atoms with Crippen molar-refractivity contribution in [1.82, 2.24) is 10.2 Å². The van der Waals surface area contributed by atoms with Gasteiger partial charge in [-0.3, -0.25) is 4.79 Å². The highest BCUT2D eigenvalue weighted by Gasteiger charge is 2.20. The number of hydrogen-bond donors (Lipinski definition) is 2. The topological polar surface area (TPSA) is 70.7 Å². The van der Waals surface area contributed by atoms with Gasteiger partial charge in [0.25, 0.3) is 0 Å². The summed E-state index contributed by atoms with van der Waals surface area (Å²) in [6.07, 6.45) is 6.52. The van der Waals surface area contributed by atoms with Crippen molar-refractivity contribution in [2.24, 2.45) is 0 Å². The van der Waals surface area contributed by atoms with E-state index in [-0.39, 0.29) is 18.0 Å². The summed E-state index contributed by atoms with van der Waals surface area (Å²) in [6.45, 7) is 1.86. The molecule has 0 bridgehead atoms. The zero-order valence-electron chi connectivity index (χ0n) is 17.2. The molecule has 4 rings (SSSR count). The highest BCUT2D eigenvalue weighted by atomic mass is 16.5. The van der Waals surface area contributed by atoms with E-state index in [1.807, 2.05) is 53.4 Å². The average molecular weight is 408 g/mol. The summed E-state index contributed by atoms with van der Waals surface area (Å²) in [5.74, 6) is 1.07. The molecule has 1 saturated carbocycles. The molecule has 2 aromatic rings. The molecule has 2 aliphatic rings. The van der Waals surface area contributed by atoms with Crippen LogP contribution in [0.4, 0.5) is 10.5 Å². The van der Waals surface area contributed by atoms with Gasteiger partial charge in [0.15, 0.2) is 0 Å². The molecule has 0 atom stereocenters. The Kier molecular flexibility index (Phi) is 6.52. The molecule has 0 unspecified atom stereocenters. The number of para-hydroxylation sites is 1. The molecule has 1 aliphatic carbocycles. The fourth-order valence-electron chi connectivity index (χ4n) is 4.09. The van der Waals surface area contributed by atoms with E-state index < -0.39 is 0 Å². The Balaban J connectivity index is 1.27. The monoisotopic (exact) mass is 407 g/mol. The predicted octanol–water partition coefficient (Wildman–Crippen LogP) is 4.45. The van der Waals surface area contributed by atoms with Gasteiger partial charge in [0.1, 0.15) is 5.75 Å². The largest absolute Gasteiger partial charge is 0.490 e. The summed E-state index contributed by atoms with van der Waals surface area (Å²) in [5.41, 5.74) is 2.76. The number of anilines is 1. The van der Waals surface area contributed by atoms with Gasteiger partial charge in [-0.05, 0) is 55.9 Å². The van der Waals surface area contributed by atoms with Crippen molar-refractivity contribution < 1.29 is 14.3 Å². The van der Waals surface area contributed by atoms with Gasteiger partial charge in [0.05, 0.1) is 6.10 Å². The van der Waals surface area contributed by atoms with Crippen molar-refractivity contribution >= 4 is 17.6 Å². The molecule has 1 heterocycles. The third kappa shape index (κ3) is 5.32. The van der Waals surface area contributed by atoms with E-state index in [9.17, 15) is 9.59 Å². The minimum Gasteiger partial charge on any atom is -0.490 e. The quantitative estimate of drug-likeness (QED) is 0.712. The molecule has 6 nitrogen and oxygen atoms in total. The number of nitrogens with one attached hydrogen (secondary N) is 2. The van der Waals surface area contributed by atoms with Crippen LogP contribution < -0.4 is 15.4 Å². The molecule has 158 valence electrons. The van der Waals surface area contributed by atoms with E-state index in [1.165, 1.54) is 12.8 Å². The van der Waals surface area contributed by atoms with Crippen LogP contribution in [-0.2, 0) is 17.9 Å². The molecule has 0 spiro atoms. The maximum atomic E-state index is 12.3. The maximum Gasteiger partial charge on any atom is 0.319 e. The van der Waals surface area contributed by atoms with Gasteiger partial charge in [-0.1, -0.05) is 30.3 Å². The first-order valence-corrected chi connectivity index (χ1v) is 10.8. The lowest BCUT2D eigenvalue weighted by Crippen LogP contribution is -2.28. The zero-order chi connectivity index (χ0) is 20.8. The second kappa shape index (κ2) is 9.65. The molecular weight excluding hydrogens is 378 g/mol. The van der Waals surface area contributed by atoms with Gasteiger partial charge >= 0.3 is 6.03 Å². The number of ether oxygens (including phenoxy) is 1. The minimum atomic E-state index is -0.256. The SMILES string of the molecule is O=C(NCc1ccccc1OC1CCCC1)Nc1ccc(CN2CCCC2=O)cc1. The standard InChI is InChI=1S/C24H29N3O3/c28-23-10-5-15-27(23)17-18-11-13-20(14-12-18)26-24(29)25-16-19-6-1-4-9-22(19)30-21-7-2-3-8-21/h1,4,6,9,11-14,21H,2-3,5,7-8,10,15-17H2,(H2,25,26,29). The fourth-order valence-corrected chi connectivity index (χ4v) is 4.09. The average Bonchev–Trinajstić information content (AvgIpc) is 3.41. The number of rotatable bonds is 7. The Morgan fingerprint density at radius 3 is 2.53 bits per heavy atom. The van der Waals surface area contributed by atoms with Crippen molar-refractivity contribution in [2.45, 2.75) is 57.7 Å². The van der Waals surface area contributed by atoms with Gasteiger partial charge in [-0.15, -0.1) is 0 Å². The summed E-state index contributed by atoms with van der Waals surface area (Å²) in [6, 6.07) is 15.3. The third-order valence-electron chi connectivity index (χ3n) is 5.76. The van der Waals surface area contributed by atoms with Crippen LogP contribution in [0.25, 0.3) is 0 Å². The Hall–Kier alpha value is -3.02. The van der Waals surface area contributed by atoms with E-state index in [4.69, 9.17) is 4.74 Å². The van der Waals surface area contributed by atoms with Gasteiger partial charge in [-0.25, -0.2) is 4.79 Å². The lowest BCUT2D eigenvalue weighted by molar-refractivity contribution is -0.128. The first kappa shape index (κ1) is 20.3. The number of benzene rings is 2. The van der Waals surface area contributed by atoms with Crippen LogP contribution in [0, 0.1) is 0 Å². The number of carbonyl (C=O) groups excluding carboxylic acids is 2. The first-order valence-electron chi connectivity index (χ1n) is 10.8. The van der Waals surface area contributed by atoms with Crippen LogP contribution in [-0.4, -0.2) is 29.5 Å². The Labute approximate surface area is 177 Å². The van der Waals surface area contributed by atoms with E-state index in [2.05, 4.69) is 10.6 Å². The molecule has 6 heteroatoms. The summed E-state index contributed by atoms with van der Waals surface area (Å²) < 4.78 is 6.13. The molecule has 2 aromatic carbocycles. The predicted molar refractivity (Wildman–Crippen MR) is 116 cm³/mol. The van der Waals surface area contributed by atoms with Crippen molar-refractivity contribution in [1.29, 1.82) is 0 Å². The van der Waals surface area contributed by atoms with E-state index in [1.54, 1.807) is 0 Å². The maximum absolute atomic E-state index is 12.3. The van der Waals surface area contributed by atoms with Crippen LogP contribution in [0.3, 0.4) is 0 Å². The molecule has 1 saturated heterocycles. The lowest BCUT2D eigenvalue weighted by Gasteiger charge is -2.17. The molecular formula is C24H29N3O3. The molecule has 3 amide bonds. The van der Waals surface area contributed by atoms with E-state index in [0.717, 1.165) is 48.4 Å². The van der Waals surface area contributed by atoms with Crippen molar-refractivity contribution in [3.8, 4) is 5.75 Å². The molecule has 2 N–H and O–H groups in total. The zero-order valence-corrected chi connectivity index (χ0v) is 17.2. The number of carbonyl (C=O) groups is 2. The first-order chi connectivity index (χ1) is 14.7. The van der Waals surface area contributed by atoms with Crippen LogP contribution >= 0.6 is 0 Å². The Morgan fingerprint density at radius 2 is 1.80 bits per heavy atom. The molecule has 0 radical (unpaired) electrons. The number of hydrogen-bond acceptors (Lipinski definition) is 3. The number of amides is 3. The van der Waals surface area contributed by atoms with E-state index >= 15 is 0 Å². The number of likely N-dealkylation sites (tertiary alicyclic amines) is 1. The minimum absolute atomic E-state index is 0.216. The smallest absolute Gasteiger partial charge is 0.319 e. The summed E-state index contributed by atoms with van der Waals surface area (Å²) in [4.78, 5) is 26.0. The van der Waals surface area contributed by atoms with Crippen LogP contribution in [0.5, 0.6) is 5.75 Å². The van der Waals surface area contributed by atoms with Gasteiger partial charge in [-0.2, -0.15) is 0 Å². The highest BCUT2D eigenvalue weighted by molar-refractivity contribution is 5.89. The summed E-state index contributed by atoms with van der Waals surface area (Å²) in [7, 11) is 0. The third-order valence-corrected chi connectivity index (χ3v) is 5.76. The van der Waals surface area contributed by atoms with Gasteiger partial charge in [0, 0.05) is 37.3 Å². The number of nitrogens with zero attached hydrogens (tertiary/aromatic N) is 1. The number of urea groups is 1. The van der Waals surface area contributed by atoms with Crippen molar-refractivity contribution in [3.63, 3.8) is 0 Å².